The van der Waals surface area contributed by atoms with Crippen molar-refractivity contribution in [1.29, 1.82) is 0 Å². The minimum atomic E-state index is -0.558. The van der Waals surface area contributed by atoms with Crippen LogP contribution in [0.5, 0.6) is 5.88 Å². The average molecular weight is 596 g/mol. The van der Waals surface area contributed by atoms with Crippen LogP contribution in [0, 0.1) is 0 Å². The number of benzene rings is 2. The van der Waals surface area contributed by atoms with Gasteiger partial charge < -0.3 is 15.0 Å². The van der Waals surface area contributed by atoms with Gasteiger partial charge in [0.05, 0.1) is 18.2 Å². The lowest BCUT2D eigenvalue weighted by Crippen LogP contribution is -2.55. The van der Waals surface area contributed by atoms with Crippen LogP contribution in [0.2, 0.25) is 10.0 Å². The predicted octanol–water partition coefficient (Wildman–Crippen LogP) is 5.58. The Balaban J connectivity index is 1.71. The zero-order chi connectivity index (χ0) is 29.3. The molecule has 0 aliphatic carbocycles. The first-order chi connectivity index (χ1) is 19.6. The molecule has 0 radical (unpaired) electrons. The molecule has 1 saturated heterocycles. The highest BCUT2D eigenvalue weighted by molar-refractivity contribution is 6.30. The molecule has 3 heterocycles. The number of hydrogen-bond acceptors (Lipinski definition) is 6. The number of amidine groups is 1. The Hall–Kier alpha value is -3.69. The summed E-state index contributed by atoms with van der Waals surface area (Å²) in [4.78, 5) is 44.4. The molecule has 1 aromatic heterocycles. The van der Waals surface area contributed by atoms with Crippen molar-refractivity contribution in [3.8, 4) is 5.88 Å². The summed E-state index contributed by atoms with van der Waals surface area (Å²) >= 11 is 12.5. The van der Waals surface area contributed by atoms with Crippen molar-refractivity contribution in [2.24, 2.45) is 4.99 Å². The minimum Gasteiger partial charge on any atom is -0.477 e. The zero-order valence-corrected chi connectivity index (χ0v) is 24.9. The molecular weight excluding hydrogens is 563 g/mol. The number of nitrogens with one attached hydrogen (secondary N) is 1. The number of urea groups is 1. The summed E-state index contributed by atoms with van der Waals surface area (Å²) in [5, 5.41) is 3.96. The van der Waals surface area contributed by atoms with Gasteiger partial charge in [0.25, 0.3) is 0 Å². The summed E-state index contributed by atoms with van der Waals surface area (Å²) in [6.07, 6.45) is 1.67. The summed E-state index contributed by atoms with van der Waals surface area (Å²) in [5.74, 6) is 1.10. The van der Waals surface area contributed by atoms with Gasteiger partial charge in [-0.05, 0) is 42.3 Å². The molecular formula is C30H32Cl2N6O3. The lowest BCUT2D eigenvalue weighted by atomic mass is 9.93. The smallest absolute Gasteiger partial charge is 0.326 e. The lowest BCUT2D eigenvalue weighted by molar-refractivity contribution is -0.123. The van der Waals surface area contributed by atoms with Crippen molar-refractivity contribution < 1.29 is 14.3 Å². The number of piperazine rings is 1. The highest BCUT2D eigenvalue weighted by Gasteiger charge is 2.45. The summed E-state index contributed by atoms with van der Waals surface area (Å²) in [5.41, 5.74) is 1.86. The number of amides is 3. The average Bonchev–Trinajstić information content (AvgIpc) is 3.33. The third-order valence-electron chi connectivity index (χ3n) is 6.95. The normalized spacial score (nSPS) is 19.2. The molecule has 0 spiro atoms. The summed E-state index contributed by atoms with van der Waals surface area (Å²) in [6.45, 7) is 8.98. The van der Waals surface area contributed by atoms with Gasteiger partial charge in [-0.1, -0.05) is 68.2 Å². The van der Waals surface area contributed by atoms with Gasteiger partial charge in [-0.3, -0.25) is 14.7 Å². The monoisotopic (exact) mass is 594 g/mol. The maximum Gasteiger partial charge on any atom is 0.326 e. The molecule has 0 saturated carbocycles. The number of carbonyl (C=O) groups is 2. The molecule has 9 nitrogen and oxygen atoms in total. The van der Waals surface area contributed by atoms with Crippen LogP contribution in [0.4, 0.5) is 4.79 Å². The van der Waals surface area contributed by atoms with Crippen LogP contribution in [0.25, 0.3) is 0 Å². The minimum absolute atomic E-state index is 0.0562. The van der Waals surface area contributed by atoms with Crippen LogP contribution < -0.4 is 10.1 Å². The van der Waals surface area contributed by atoms with E-state index < -0.39 is 12.1 Å². The van der Waals surface area contributed by atoms with Gasteiger partial charge in [0, 0.05) is 34.7 Å². The van der Waals surface area contributed by atoms with Crippen molar-refractivity contribution in [3.63, 3.8) is 0 Å². The zero-order valence-electron chi connectivity index (χ0n) is 23.4. The predicted molar refractivity (Wildman–Crippen MR) is 159 cm³/mol. The van der Waals surface area contributed by atoms with Crippen molar-refractivity contribution in [1.82, 2.24) is 25.1 Å². The maximum atomic E-state index is 14.4. The molecule has 2 aromatic carbocycles. The molecule has 2 aliphatic rings. The number of nitrogens with zero attached hydrogens (tertiary/aromatic N) is 5. The van der Waals surface area contributed by atoms with E-state index in [1.807, 2.05) is 52.0 Å². The number of halogens is 2. The van der Waals surface area contributed by atoms with Crippen LogP contribution in [-0.2, 0) is 10.2 Å². The molecule has 1 fully saturated rings. The van der Waals surface area contributed by atoms with Crippen LogP contribution in [0.1, 0.15) is 62.3 Å². The third kappa shape index (κ3) is 6.01. The van der Waals surface area contributed by atoms with Gasteiger partial charge in [-0.25, -0.2) is 9.78 Å². The van der Waals surface area contributed by atoms with Gasteiger partial charge in [0.2, 0.25) is 11.8 Å². The van der Waals surface area contributed by atoms with E-state index >= 15 is 0 Å². The molecule has 3 aromatic rings. The van der Waals surface area contributed by atoms with Gasteiger partial charge >= 0.3 is 6.03 Å². The van der Waals surface area contributed by atoms with Crippen molar-refractivity contribution in [3.05, 3.63) is 87.3 Å². The van der Waals surface area contributed by atoms with Crippen LogP contribution in [0.15, 0.2) is 59.7 Å². The Morgan fingerprint density at radius 1 is 1.05 bits per heavy atom. The van der Waals surface area contributed by atoms with Crippen molar-refractivity contribution in [2.45, 2.75) is 45.2 Å². The lowest BCUT2D eigenvalue weighted by Gasteiger charge is -2.35. The molecule has 2 atom stereocenters. The van der Waals surface area contributed by atoms with Gasteiger partial charge in [0.1, 0.15) is 24.2 Å². The Morgan fingerprint density at radius 3 is 2.27 bits per heavy atom. The highest BCUT2D eigenvalue weighted by atomic mass is 35.5. The topological polar surface area (TPSA) is 100 Å². The maximum absolute atomic E-state index is 14.4. The summed E-state index contributed by atoms with van der Waals surface area (Å²) in [7, 11) is 0. The summed E-state index contributed by atoms with van der Waals surface area (Å²) < 4.78 is 6.01. The molecule has 1 N–H and O–H groups in total. The van der Waals surface area contributed by atoms with E-state index in [1.54, 1.807) is 35.4 Å². The first-order valence-electron chi connectivity index (χ1n) is 13.5. The molecule has 0 unspecified atom stereocenters. The number of rotatable bonds is 5. The van der Waals surface area contributed by atoms with E-state index in [2.05, 4.69) is 10.3 Å². The fourth-order valence-corrected chi connectivity index (χ4v) is 5.19. The highest BCUT2D eigenvalue weighted by Crippen LogP contribution is 2.45. The molecule has 3 amide bonds. The molecule has 41 heavy (non-hydrogen) atoms. The van der Waals surface area contributed by atoms with E-state index in [-0.39, 0.29) is 23.9 Å². The SMILES string of the molecule is CCOc1nc(C(C)(C)C)ncc1C1=N[C@@H](c2ccc(Cl)cc2)[C@@H](c2ccc(Cl)cc2)N1C(=O)N1CCNC(=O)C1. The molecule has 5 rings (SSSR count). The van der Waals surface area contributed by atoms with Crippen molar-refractivity contribution >= 4 is 41.0 Å². The molecule has 214 valence electrons. The van der Waals surface area contributed by atoms with Gasteiger partial charge in [0.15, 0.2) is 0 Å². The Bertz CT molecular complexity index is 1470. The fourth-order valence-electron chi connectivity index (χ4n) is 4.94. The Morgan fingerprint density at radius 2 is 1.68 bits per heavy atom. The summed E-state index contributed by atoms with van der Waals surface area (Å²) in [6, 6.07) is 13.4. The van der Waals surface area contributed by atoms with E-state index in [4.69, 9.17) is 37.9 Å². The largest absolute Gasteiger partial charge is 0.477 e. The van der Waals surface area contributed by atoms with Crippen LogP contribution >= 0.6 is 23.2 Å². The van der Waals surface area contributed by atoms with E-state index in [9.17, 15) is 9.59 Å². The van der Waals surface area contributed by atoms with Crippen molar-refractivity contribution in [2.75, 3.05) is 26.2 Å². The fraction of sp³-hybridized carbons (Fsp3) is 0.367. The third-order valence-corrected chi connectivity index (χ3v) is 7.46. The second kappa shape index (κ2) is 11.7. The molecule has 0 bridgehead atoms. The second-order valence-corrected chi connectivity index (χ2v) is 11.8. The van der Waals surface area contributed by atoms with E-state index in [0.717, 1.165) is 11.1 Å². The Kier molecular flexibility index (Phi) is 8.20. The Labute approximate surface area is 249 Å². The number of carbonyl (C=O) groups excluding carboxylic acids is 2. The first kappa shape index (κ1) is 28.8. The van der Waals surface area contributed by atoms with Crippen LogP contribution in [0.3, 0.4) is 0 Å². The number of ether oxygens (including phenoxy) is 1. The standard InChI is InChI=1S/C30H32Cl2N6O3/c1-5-41-27-22(16-34-28(36-27)30(2,3)4)26-35-24(18-6-10-20(31)11-7-18)25(19-8-12-21(32)13-9-19)38(26)29(40)37-15-14-33-23(39)17-37/h6-13,16,24-25H,5,14-15,17H2,1-4H3,(H,33,39)/t24-,25+/m0/s1. The van der Waals surface area contributed by atoms with Gasteiger partial charge in [-0.2, -0.15) is 4.98 Å². The number of aliphatic imine (C=N–C) groups is 1. The van der Waals surface area contributed by atoms with Gasteiger partial charge in [-0.15, -0.1) is 0 Å². The number of aromatic nitrogens is 2. The first-order valence-corrected chi connectivity index (χ1v) is 14.3. The number of hydrogen-bond donors (Lipinski definition) is 1. The molecule has 2 aliphatic heterocycles. The van der Waals surface area contributed by atoms with E-state index in [1.165, 1.54) is 4.90 Å². The molecule has 11 heteroatoms. The van der Waals surface area contributed by atoms with E-state index in [0.29, 0.717) is 52.8 Å². The van der Waals surface area contributed by atoms with Crippen LogP contribution in [-0.4, -0.2) is 63.8 Å². The quantitative estimate of drug-likeness (QED) is 0.416. The second-order valence-electron chi connectivity index (χ2n) is 11.0.